The molecule has 0 fully saturated rings. The van der Waals surface area contributed by atoms with E-state index >= 15 is 0 Å². The van der Waals surface area contributed by atoms with Gasteiger partial charge in [0.15, 0.2) is 6.35 Å². The average Bonchev–Trinajstić information content (AvgIpc) is 3.06. The number of benzene rings is 2. The number of nitrogens with one attached hydrogen (secondary N) is 1. The third-order valence-corrected chi connectivity index (χ3v) is 5.32. The quantitative estimate of drug-likeness (QED) is 0.564. The van der Waals surface area contributed by atoms with Crippen molar-refractivity contribution in [2.45, 2.75) is 39.0 Å². The average molecular weight is 369 g/mol. The van der Waals surface area contributed by atoms with Crippen LogP contribution in [-0.4, -0.2) is 45.0 Å². The van der Waals surface area contributed by atoms with Crippen LogP contribution in [0.25, 0.3) is 0 Å². The Balaban J connectivity index is 1.54. The zero-order valence-corrected chi connectivity index (χ0v) is 15.1. The number of carbonyl (C=O) groups is 1. The fraction of sp³-hybridized carbons (Fsp3) is 0.350. The SMILES string of the molecule is C[C@H]1COc2cc(C(=O)NO)ccc2CN1C(O)N1Cc2ccccc2C1. The maximum absolute atomic E-state index is 11.6. The van der Waals surface area contributed by atoms with E-state index in [1.807, 2.05) is 28.9 Å². The first-order valence-corrected chi connectivity index (χ1v) is 9.01. The van der Waals surface area contributed by atoms with Crippen LogP contribution in [0.5, 0.6) is 5.75 Å². The monoisotopic (exact) mass is 369 g/mol. The van der Waals surface area contributed by atoms with Crippen molar-refractivity contribution >= 4 is 5.91 Å². The predicted octanol–water partition coefficient (Wildman–Crippen LogP) is 1.68. The number of aliphatic hydroxyl groups is 1. The molecule has 0 radical (unpaired) electrons. The Morgan fingerprint density at radius 3 is 2.52 bits per heavy atom. The van der Waals surface area contributed by atoms with E-state index in [1.54, 1.807) is 23.7 Å². The topological polar surface area (TPSA) is 85.3 Å². The lowest BCUT2D eigenvalue weighted by Crippen LogP contribution is -2.50. The minimum atomic E-state index is -0.734. The van der Waals surface area contributed by atoms with E-state index in [0.29, 0.717) is 37.6 Å². The molecule has 0 bridgehead atoms. The molecule has 0 aromatic heterocycles. The van der Waals surface area contributed by atoms with Crippen LogP contribution < -0.4 is 10.2 Å². The van der Waals surface area contributed by atoms with Gasteiger partial charge in [-0.15, -0.1) is 0 Å². The minimum absolute atomic E-state index is 0.00812. The highest BCUT2D eigenvalue weighted by Gasteiger charge is 2.33. The molecule has 2 aliphatic rings. The van der Waals surface area contributed by atoms with Gasteiger partial charge in [0.05, 0.1) is 0 Å². The van der Waals surface area contributed by atoms with Crippen LogP contribution in [0.2, 0.25) is 0 Å². The van der Waals surface area contributed by atoms with Crippen LogP contribution in [0, 0.1) is 0 Å². The van der Waals surface area contributed by atoms with E-state index in [0.717, 1.165) is 5.56 Å². The Bertz CT molecular complexity index is 832. The van der Waals surface area contributed by atoms with Gasteiger partial charge < -0.3 is 9.84 Å². The maximum Gasteiger partial charge on any atom is 0.274 e. The van der Waals surface area contributed by atoms with Gasteiger partial charge >= 0.3 is 0 Å². The largest absolute Gasteiger partial charge is 0.492 e. The number of fused-ring (bicyclic) bond motifs is 2. The molecule has 1 amide bonds. The maximum atomic E-state index is 11.6. The van der Waals surface area contributed by atoms with Crippen LogP contribution >= 0.6 is 0 Å². The van der Waals surface area contributed by atoms with Gasteiger partial charge in [0.2, 0.25) is 0 Å². The molecule has 3 N–H and O–H groups in total. The van der Waals surface area contributed by atoms with E-state index < -0.39 is 12.3 Å². The second kappa shape index (κ2) is 7.28. The standard InChI is InChI=1S/C20H23N3O4/c1-13-12-27-18-8-14(19(24)21-26)6-7-17(18)11-23(13)20(25)22-9-15-4-2-3-5-16(15)10-22/h2-8,13,20,25-26H,9-12H2,1H3,(H,21,24)/t13-,20?/m0/s1. The third-order valence-electron chi connectivity index (χ3n) is 5.32. The van der Waals surface area contributed by atoms with E-state index in [9.17, 15) is 9.90 Å². The Kier molecular flexibility index (Phi) is 4.84. The molecule has 2 aromatic carbocycles. The first kappa shape index (κ1) is 17.9. The van der Waals surface area contributed by atoms with Crippen molar-refractivity contribution in [2.24, 2.45) is 0 Å². The van der Waals surface area contributed by atoms with Crippen LogP contribution in [0.15, 0.2) is 42.5 Å². The van der Waals surface area contributed by atoms with Crippen LogP contribution in [0.4, 0.5) is 0 Å². The van der Waals surface area contributed by atoms with Crippen molar-refractivity contribution in [3.63, 3.8) is 0 Å². The van der Waals surface area contributed by atoms with Gasteiger partial charge in [-0.25, -0.2) is 5.48 Å². The molecular weight excluding hydrogens is 346 g/mol. The Hall–Kier alpha value is -2.45. The summed E-state index contributed by atoms with van der Waals surface area (Å²) in [6, 6.07) is 13.3. The first-order chi connectivity index (χ1) is 13.1. The zero-order valence-electron chi connectivity index (χ0n) is 15.1. The normalized spacial score (nSPS) is 20.9. The highest BCUT2D eigenvalue weighted by atomic mass is 16.5. The Labute approximate surface area is 157 Å². The highest BCUT2D eigenvalue weighted by molar-refractivity contribution is 5.93. The molecule has 0 aliphatic carbocycles. The first-order valence-electron chi connectivity index (χ1n) is 9.01. The van der Waals surface area contributed by atoms with Crippen molar-refractivity contribution in [3.05, 3.63) is 64.7 Å². The number of nitrogens with zero attached hydrogens (tertiary/aromatic N) is 2. The molecule has 0 saturated heterocycles. The fourth-order valence-electron chi connectivity index (χ4n) is 3.73. The number of aliphatic hydroxyl groups excluding tert-OH is 1. The van der Waals surface area contributed by atoms with Crippen molar-refractivity contribution in [1.29, 1.82) is 0 Å². The summed E-state index contributed by atoms with van der Waals surface area (Å²) >= 11 is 0. The molecule has 0 spiro atoms. The van der Waals surface area contributed by atoms with E-state index in [2.05, 4.69) is 12.1 Å². The molecule has 4 rings (SSSR count). The number of ether oxygens (including phenoxy) is 1. The van der Waals surface area contributed by atoms with Crippen molar-refractivity contribution in [1.82, 2.24) is 15.3 Å². The van der Waals surface area contributed by atoms with E-state index in [4.69, 9.17) is 9.94 Å². The van der Waals surface area contributed by atoms with Gasteiger partial charge in [-0.1, -0.05) is 30.3 Å². The van der Waals surface area contributed by atoms with Crippen LogP contribution in [0.1, 0.15) is 34.0 Å². The van der Waals surface area contributed by atoms with Gasteiger partial charge in [-0.3, -0.25) is 19.8 Å². The molecule has 7 nitrogen and oxygen atoms in total. The number of hydrogen-bond acceptors (Lipinski definition) is 6. The zero-order chi connectivity index (χ0) is 19.0. The number of carbonyl (C=O) groups excluding carboxylic acids is 1. The second-order valence-corrected chi connectivity index (χ2v) is 7.12. The Morgan fingerprint density at radius 1 is 1.15 bits per heavy atom. The summed E-state index contributed by atoms with van der Waals surface area (Å²) in [7, 11) is 0. The minimum Gasteiger partial charge on any atom is -0.492 e. The fourth-order valence-corrected chi connectivity index (χ4v) is 3.73. The van der Waals surface area contributed by atoms with E-state index in [1.165, 1.54) is 11.1 Å². The number of hydrogen-bond donors (Lipinski definition) is 3. The lowest BCUT2D eigenvalue weighted by molar-refractivity contribution is -0.136. The van der Waals surface area contributed by atoms with Gasteiger partial charge in [-0.2, -0.15) is 0 Å². The summed E-state index contributed by atoms with van der Waals surface area (Å²) in [6.45, 7) is 4.34. The van der Waals surface area contributed by atoms with Gasteiger partial charge in [0.25, 0.3) is 5.91 Å². The van der Waals surface area contributed by atoms with Crippen molar-refractivity contribution in [3.8, 4) is 5.75 Å². The van der Waals surface area contributed by atoms with Crippen molar-refractivity contribution < 1.29 is 19.8 Å². The summed E-state index contributed by atoms with van der Waals surface area (Å²) in [5, 5.41) is 19.9. The molecule has 0 saturated carbocycles. The predicted molar refractivity (Wildman–Crippen MR) is 97.9 cm³/mol. The molecule has 2 heterocycles. The lowest BCUT2D eigenvalue weighted by Gasteiger charge is -2.36. The molecule has 2 aliphatic heterocycles. The smallest absolute Gasteiger partial charge is 0.274 e. The number of rotatable bonds is 3. The van der Waals surface area contributed by atoms with Crippen LogP contribution in [-0.2, 0) is 19.6 Å². The lowest BCUT2D eigenvalue weighted by atomic mass is 10.1. The molecule has 142 valence electrons. The molecule has 1 unspecified atom stereocenters. The van der Waals surface area contributed by atoms with Gasteiger partial charge in [-0.05, 0) is 30.2 Å². The Morgan fingerprint density at radius 2 is 1.85 bits per heavy atom. The number of amides is 1. The summed E-state index contributed by atoms with van der Waals surface area (Å²) in [6.07, 6.45) is -0.734. The summed E-state index contributed by atoms with van der Waals surface area (Å²) in [4.78, 5) is 15.7. The summed E-state index contributed by atoms with van der Waals surface area (Å²) in [5.41, 5.74) is 5.34. The summed E-state index contributed by atoms with van der Waals surface area (Å²) in [5.74, 6) is 0.0211. The molecular formula is C20H23N3O4. The van der Waals surface area contributed by atoms with Crippen molar-refractivity contribution in [2.75, 3.05) is 6.61 Å². The number of hydroxylamine groups is 1. The molecule has 2 aromatic rings. The molecule has 7 heteroatoms. The highest BCUT2D eigenvalue weighted by Crippen LogP contribution is 2.30. The molecule has 2 atom stereocenters. The third kappa shape index (κ3) is 3.42. The summed E-state index contributed by atoms with van der Waals surface area (Å²) < 4.78 is 5.87. The van der Waals surface area contributed by atoms with Gasteiger partial charge in [0, 0.05) is 36.8 Å². The second-order valence-electron chi connectivity index (χ2n) is 7.12. The van der Waals surface area contributed by atoms with Gasteiger partial charge in [0.1, 0.15) is 12.4 Å². The van der Waals surface area contributed by atoms with Crippen LogP contribution in [0.3, 0.4) is 0 Å². The van der Waals surface area contributed by atoms with E-state index in [-0.39, 0.29) is 6.04 Å². The molecule has 27 heavy (non-hydrogen) atoms.